The number of hydrogen-bond donors (Lipinski definition) is 0. The molecule has 8 heteroatoms. The first-order chi connectivity index (χ1) is 10.0. The molecule has 2 unspecified atom stereocenters. The molecule has 2 rings (SSSR count). The third-order valence-electron chi connectivity index (χ3n) is 3.41. The third-order valence-corrected chi connectivity index (χ3v) is 3.41. The monoisotopic (exact) mass is 297 g/mol. The molecule has 1 aromatic rings. The molecule has 0 aromatic carbocycles. The number of carbonyl (C=O) groups excluding carboxylic acids is 1. The van der Waals surface area contributed by atoms with E-state index in [0.29, 0.717) is 13.0 Å². The highest BCUT2D eigenvalue weighted by molar-refractivity contribution is 5.75. The van der Waals surface area contributed by atoms with Crippen LogP contribution in [0.4, 0.5) is 15.9 Å². The minimum absolute atomic E-state index is 0.121. The summed E-state index contributed by atoms with van der Waals surface area (Å²) in [4.78, 5) is 27.5. The lowest BCUT2D eigenvalue weighted by molar-refractivity contribution is -0.384. The van der Waals surface area contributed by atoms with E-state index in [0.717, 1.165) is 0 Å². The first-order valence-corrected chi connectivity index (χ1v) is 6.69. The molecule has 7 nitrogen and oxygen atoms in total. The molecule has 0 saturated carbocycles. The van der Waals surface area contributed by atoms with Crippen molar-refractivity contribution in [2.75, 3.05) is 24.6 Å². The molecule has 0 spiro atoms. The van der Waals surface area contributed by atoms with Crippen molar-refractivity contribution in [3.63, 3.8) is 0 Å². The molecule has 1 saturated heterocycles. The Hall–Kier alpha value is -2.25. The van der Waals surface area contributed by atoms with E-state index in [1.807, 2.05) is 0 Å². The van der Waals surface area contributed by atoms with Crippen molar-refractivity contribution in [3.8, 4) is 0 Å². The normalized spacial score (nSPS) is 19.3. The Bertz CT molecular complexity index is 540. The molecule has 0 bridgehead atoms. The van der Waals surface area contributed by atoms with Gasteiger partial charge in [-0.15, -0.1) is 0 Å². The highest BCUT2D eigenvalue weighted by Gasteiger charge is 2.37. The summed E-state index contributed by atoms with van der Waals surface area (Å²) >= 11 is 0. The Morgan fingerprint density at radius 2 is 2.48 bits per heavy atom. The van der Waals surface area contributed by atoms with Gasteiger partial charge in [0.05, 0.1) is 11.5 Å². The minimum Gasteiger partial charge on any atom is -0.464 e. The molecule has 21 heavy (non-hydrogen) atoms. The van der Waals surface area contributed by atoms with Crippen molar-refractivity contribution in [1.82, 2.24) is 4.98 Å². The molecule has 1 aliphatic rings. The van der Waals surface area contributed by atoms with Gasteiger partial charge in [-0.3, -0.25) is 10.1 Å². The molecule has 0 N–H and O–H groups in total. The second kappa shape index (κ2) is 6.47. The fourth-order valence-electron chi connectivity index (χ4n) is 2.41. The van der Waals surface area contributed by atoms with E-state index in [1.54, 1.807) is 11.8 Å². The van der Waals surface area contributed by atoms with E-state index < -0.39 is 23.0 Å². The Kier molecular flexibility index (Phi) is 4.66. The van der Waals surface area contributed by atoms with E-state index >= 15 is 0 Å². The minimum atomic E-state index is -1.71. The van der Waals surface area contributed by atoms with E-state index in [2.05, 4.69) is 9.72 Å². The SMILES string of the molecule is CCOC(=O)C(F)C1CCN(c2ncccc2[N+](=O)[O-])C1. The van der Waals surface area contributed by atoms with Gasteiger partial charge < -0.3 is 9.64 Å². The van der Waals surface area contributed by atoms with Crippen LogP contribution in [0.15, 0.2) is 18.3 Å². The quantitative estimate of drug-likeness (QED) is 0.467. The lowest BCUT2D eigenvalue weighted by atomic mass is 10.0. The topological polar surface area (TPSA) is 85.6 Å². The fraction of sp³-hybridized carbons (Fsp3) is 0.538. The number of nitrogens with zero attached hydrogens (tertiary/aromatic N) is 3. The summed E-state index contributed by atoms with van der Waals surface area (Å²) in [7, 11) is 0. The molecular weight excluding hydrogens is 281 g/mol. The lowest BCUT2D eigenvalue weighted by Crippen LogP contribution is -2.30. The van der Waals surface area contributed by atoms with Crippen LogP contribution in [-0.2, 0) is 9.53 Å². The second-order valence-corrected chi connectivity index (χ2v) is 4.75. The van der Waals surface area contributed by atoms with Crippen LogP contribution in [0.5, 0.6) is 0 Å². The van der Waals surface area contributed by atoms with Crippen molar-refractivity contribution < 1.29 is 18.8 Å². The third kappa shape index (κ3) is 3.26. The van der Waals surface area contributed by atoms with Crippen LogP contribution in [-0.4, -0.2) is 41.7 Å². The second-order valence-electron chi connectivity index (χ2n) is 4.75. The summed E-state index contributed by atoms with van der Waals surface area (Å²) in [6.07, 6.45) is 0.166. The number of carbonyl (C=O) groups is 1. The number of alkyl halides is 1. The van der Waals surface area contributed by atoms with E-state index in [4.69, 9.17) is 0 Å². The average molecular weight is 297 g/mol. The number of nitro groups is 1. The maximum atomic E-state index is 14.0. The Morgan fingerprint density at radius 3 is 3.14 bits per heavy atom. The summed E-state index contributed by atoms with van der Waals surface area (Å²) in [5.41, 5.74) is -0.121. The van der Waals surface area contributed by atoms with Gasteiger partial charge in [-0.2, -0.15) is 0 Å². The first-order valence-electron chi connectivity index (χ1n) is 6.69. The highest BCUT2D eigenvalue weighted by Crippen LogP contribution is 2.31. The van der Waals surface area contributed by atoms with Crippen molar-refractivity contribution in [2.24, 2.45) is 5.92 Å². The van der Waals surface area contributed by atoms with Gasteiger partial charge in [0.2, 0.25) is 12.0 Å². The molecule has 0 aliphatic carbocycles. The van der Waals surface area contributed by atoms with Gasteiger partial charge in [0.15, 0.2) is 0 Å². The number of hydrogen-bond acceptors (Lipinski definition) is 6. The number of halogens is 1. The average Bonchev–Trinajstić information content (AvgIpc) is 2.96. The maximum Gasteiger partial charge on any atom is 0.341 e. The fourth-order valence-corrected chi connectivity index (χ4v) is 2.41. The van der Waals surface area contributed by atoms with Crippen LogP contribution in [0.2, 0.25) is 0 Å². The molecular formula is C13H16FN3O4. The van der Waals surface area contributed by atoms with Crippen LogP contribution in [0.25, 0.3) is 0 Å². The number of anilines is 1. The molecule has 114 valence electrons. The Balaban J connectivity index is 2.09. The van der Waals surface area contributed by atoms with Crippen molar-refractivity contribution in [1.29, 1.82) is 0 Å². The van der Waals surface area contributed by atoms with Gasteiger partial charge in [-0.25, -0.2) is 14.2 Å². The summed E-state index contributed by atoms with van der Waals surface area (Å²) < 4.78 is 18.6. The van der Waals surface area contributed by atoms with Gasteiger partial charge in [-0.1, -0.05) is 0 Å². The molecule has 0 amide bonds. The van der Waals surface area contributed by atoms with E-state index in [-0.39, 0.29) is 24.7 Å². The van der Waals surface area contributed by atoms with Crippen LogP contribution in [0, 0.1) is 16.0 Å². The summed E-state index contributed by atoms with van der Waals surface area (Å²) in [6.45, 7) is 2.37. The number of esters is 1. The van der Waals surface area contributed by atoms with Crippen molar-refractivity contribution >= 4 is 17.5 Å². The van der Waals surface area contributed by atoms with Crippen molar-refractivity contribution in [3.05, 3.63) is 28.4 Å². The zero-order valence-electron chi connectivity index (χ0n) is 11.6. The molecule has 2 atom stereocenters. The molecule has 1 fully saturated rings. The van der Waals surface area contributed by atoms with Gasteiger partial charge in [0.25, 0.3) is 0 Å². The first kappa shape index (κ1) is 15.1. The van der Waals surface area contributed by atoms with Gasteiger partial charge in [0.1, 0.15) is 0 Å². The molecule has 1 aliphatic heterocycles. The summed E-state index contributed by atoms with van der Waals surface area (Å²) in [5.74, 6) is -1.20. The standard InChI is InChI=1S/C13H16FN3O4/c1-2-21-13(18)11(14)9-5-7-16(8-9)12-10(17(19)20)4-3-6-15-12/h3-4,6,9,11H,2,5,7-8H2,1H3. The van der Waals surface area contributed by atoms with Crippen molar-refractivity contribution in [2.45, 2.75) is 19.5 Å². The largest absolute Gasteiger partial charge is 0.464 e. The van der Waals surface area contributed by atoms with Crippen LogP contribution < -0.4 is 4.90 Å². The molecule has 1 aromatic heterocycles. The van der Waals surface area contributed by atoms with Gasteiger partial charge in [-0.05, 0) is 19.4 Å². The summed E-state index contributed by atoms with van der Waals surface area (Å²) in [6, 6.07) is 2.83. The zero-order chi connectivity index (χ0) is 15.4. The van der Waals surface area contributed by atoms with E-state index in [1.165, 1.54) is 18.3 Å². The summed E-state index contributed by atoms with van der Waals surface area (Å²) in [5, 5.41) is 11.0. The zero-order valence-corrected chi connectivity index (χ0v) is 11.6. The maximum absolute atomic E-state index is 14.0. The number of aromatic nitrogens is 1. The van der Waals surface area contributed by atoms with Crippen LogP contribution >= 0.6 is 0 Å². The molecule has 0 radical (unpaired) electrons. The van der Waals surface area contributed by atoms with Crippen LogP contribution in [0.3, 0.4) is 0 Å². The Labute approximate surface area is 120 Å². The number of ether oxygens (including phenoxy) is 1. The smallest absolute Gasteiger partial charge is 0.341 e. The predicted octanol–water partition coefficient (Wildman–Crippen LogP) is 1.72. The van der Waals surface area contributed by atoms with Crippen LogP contribution in [0.1, 0.15) is 13.3 Å². The number of rotatable bonds is 5. The molecule has 2 heterocycles. The highest BCUT2D eigenvalue weighted by atomic mass is 19.1. The number of pyridine rings is 1. The predicted molar refractivity (Wildman–Crippen MR) is 72.7 cm³/mol. The van der Waals surface area contributed by atoms with Gasteiger partial charge >= 0.3 is 11.7 Å². The van der Waals surface area contributed by atoms with Gasteiger partial charge in [0, 0.05) is 31.3 Å². The lowest BCUT2D eigenvalue weighted by Gasteiger charge is -2.18. The Morgan fingerprint density at radius 1 is 1.71 bits per heavy atom. The van der Waals surface area contributed by atoms with E-state index in [9.17, 15) is 19.3 Å².